The van der Waals surface area contributed by atoms with Crippen LogP contribution in [0.25, 0.3) is 0 Å². The van der Waals surface area contributed by atoms with E-state index in [1.54, 1.807) is 54.8 Å². The first kappa shape index (κ1) is 21.7. The number of rotatable bonds is 10. The lowest BCUT2D eigenvalue weighted by molar-refractivity contribution is -0.114. The number of furan rings is 1. The number of hydrogen-bond donors (Lipinski definition) is 3. The van der Waals surface area contributed by atoms with E-state index >= 15 is 0 Å². The molecule has 0 atom stereocenters. The van der Waals surface area contributed by atoms with Gasteiger partial charge in [0.25, 0.3) is 5.91 Å². The first-order valence-electron chi connectivity index (χ1n) is 9.82. The first-order chi connectivity index (χ1) is 15.0. The van der Waals surface area contributed by atoms with Gasteiger partial charge in [-0.05, 0) is 55.0 Å². The Labute approximate surface area is 181 Å². The van der Waals surface area contributed by atoms with E-state index in [-0.39, 0.29) is 18.4 Å². The van der Waals surface area contributed by atoms with Gasteiger partial charge >= 0.3 is 0 Å². The summed E-state index contributed by atoms with van der Waals surface area (Å²) in [6, 6.07) is 17.7. The maximum absolute atomic E-state index is 12.4. The summed E-state index contributed by atoms with van der Waals surface area (Å²) in [4.78, 5) is 24.7. The Balaban J connectivity index is 1.53. The van der Waals surface area contributed by atoms with Gasteiger partial charge in [-0.25, -0.2) is 0 Å². The number of benzene rings is 2. The van der Waals surface area contributed by atoms with Crippen LogP contribution in [0.1, 0.15) is 23.0 Å². The summed E-state index contributed by atoms with van der Waals surface area (Å²) in [7, 11) is 0. The Morgan fingerprint density at radius 1 is 1.06 bits per heavy atom. The zero-order valence-corrected chi connectivity index (χ0v) is 17.3. The average Bonchev–Trinajstić information content (AvgIpc) is 3.29. The largest absolute Gasteiger partial charge is 0.487 e. The van der Waals surface area contributed by atoms with Crippen LogP contribution in [0.2, 0.25) is 0 Å². The van der Waals surface area contributed by atoms with Gasteiger partial charge in [0.15, 0.2) is 0 Å². The van der Waals surface area contributed by atoms with E-state index in [2.05, 4.69) is 22.5 Å². The fraction of sp³-hybridized carbons (Fsp3) is 0.167. The number of anilines is 2. The van der Waals surface area contributed by atoms with Gasteiger partial charge in [0, 0.05) is 11.3 Å². The highest BCUT2D eigenvalue weighted by Crippen LogP contribution is 2.24. The number of ether oxygens (including phenoxy) is 1. The smallest absolute Gasteiger partial charge is 0.251 e. The number of para-hydroxylation sites is 2. The molecule has 0 aliphatic rings. The van der Waals surface area contributed by atoms with Crippen molar-refractivity contribution in [1.29, 1.82) is 0 Å². The normalized spacial score (nSPS) is 10.2. The summed E-state index contributed by atoms with van der Waals surface area (Å²) in [6.07, 6.45) is 1.56. The number of carbonyl (C=O) groups excluding carboxylic acids is 2. The molecule has 7 heteroatoms. The lowest BCUT2D eigenvalue weighted by Crippen LogP contribution is -2.24. The van der Waals surface area contributed by atoms with E-state index < -0.39 is 0 Å². The molecule has 31 heavy (non-hydrogen) atoms. The van der Waals surface area contributed by atoms with E-state index in [1.165, 1.54) is 0 Å². The molecule has 0 fully saturated rings. The summed E-state index contributed by atoms with van der Waals surface area (Å²) in [5, 5.41) is 8.66. The van der Waals surface area contributed by atoms with Crippen LogP contribution in [-0.4, -0.2) is 25.0 Å². The molecule has 0 saturated heterocycles. The van der Waals surface area contributed by atoms with E-state index in [0.29, 0.717) is 41.6 Å². The number of hydrogen-bond acceptors (Lipinski definition) is 5. The molecule has 1 heterocycles. The van der Waals surface area contributed by atoms with Gasteiger partial charge in [-0.1, -0.05) is 24.8 Å². The van der Waals surface area contributed by atoms with Crippen LogP contribution in [0.15, 0.2) is 83.5 Å². The van der Waals surface area contributed by atoms with Crippen molar-refractivity contribution in [3.63, 3.8) is 0 Å². The second kappa shape index (κ2) is 10.7. The van der Waals surface area contributed by atoms with Gasteiger partial charge in [-0.2, -0.15) is 0 Å². The van der Waals surface area contributed by atoms with Crippen molar-refractivity contribution in [2.24, 2.45) is 0 Å². The van der Waals surface area contributed by atoms with Crippen LogP contribution in [0.4, 0.5) is 11.4 Å². The van der Waals surface area contributed by atoms with Crippen molar-refractivity contribution in [3.8, 4) is 5.75 Å². The van der Waals surface area contributed by atoms with Crippen molar-refractivity contribution in [2.45, 2.75) is 13.5 Å². The molecule has 2 amide bonds. The minimum absolute atomic E-state index is 0.0340. The fourth-order valence-corrected chi connectivity index (χ4v) is 2.73. The van der Waals surface area contributed by atoms with Crippen molar-refractivity contribution < 1.29 is 18.7 Å². The molecule has 3 N–H and O–H groups in total. The van der Waals surface area contributed by atoms with Crippen LogP contribution in [0.3, 0.4) is 0 Å². The quantitative estimate of drug-likeness (QED) is 0.428. The molecule has 0 radical (unpaired) electrons. The molecule has 0 aliphatic heterocycles. The second-order valence-corrected chi connectivity index (χ2v) is 6.99. The molecular formula is C24H25N3O4. The standard InChI is InChI=1S/C24H25N3O4/c1-17(2)16-31-22-11-4-3-10-21(22)27-23(28)15-25-19-8-5-7-18(13-19)24(29)26-14-20-9-6-12-30-20/h3-13,25H,1,14-16H2,2H3,(H,26,29)(H,27,28). The Hall–Kier alpha value is -4.00. The van der Waals surface area contributed by atoms with Gasteiger partial charge in [0.2, 0.25) is 5.91 Å². The summed E-state index contributed by atoms with van der Waals surface area (Å²) in [5.74, 6) is 0.785. The molecule has 0 bridgehead atoms. The van der Waals surface area contributed by atoms with E-state index in [4.69, 9.17) is 9.15 Å². The van der Waals surface area contributed by atoms with Crippen LogP contribution >= 0.6 is 0 Å². The van der Waals surface area contributed by atoms with Gasteiger partial charge in [0.1, 0.15) is 18.1 Å². The molecule has 3 aromatic rings. The molecule has 160 valence electrons. The lowest BCUT2D eigenvalue weighted by atomic mass is 10.2. The van der Waals surface area contributed by atoms with Crippen molar-refractivity contribution in [1.82, 2.24) is 5.32 Å². The lowest BCUT2D eigenvalue weighted by Gasteiger charge is -2.13. The van der Waals surface area contributed by atoms with E-state index in [1.807, 2.05) is 19.1 Å². The Morgan fingerprint density at radius 2 is 1.90 bits per heavy atom. The predicted molar refractivity (Wildman–Crippen MR) is 120 cm³/mol. The minimum atomic E-state index is -0.237. The summed E-state index contributed by atoms with van der Waals surface area (Å²) < 4.78 is 10.9. The molecule has 3 rings (SSSR count). The van der Waals surface area contributed by atoms with Gasteiger partial charge < -0.3 is 25.1 Å². The van der Waals surface area contributed by atoms with E-state index in [0.717, 1.165) is 5.57 Å². The summed E-state index contributed by atoms with van der Waals surface area (Å²) in [5.41, 5.74) is 2.61. The summed E-state index contributed by atoms with van der Waals surface area (Å²) >= 11 is 0. The highest BCUT2D eigenvalue weighted by Gasteiger charge is 2.10. The number of carbonyl (C=O) groups is 2. The third-order valence-corrected chi connectivity index (χ3v) is 4.22. The summed E-state index contributed by atoms with van der Waals surface area (Å²) in [6.45, 7) is 6.40. The maximum Gasteiger partial charge on any atom is 0.251 e. The van der Waals surface area contributed by atoms with Crippen molar-refractivity contribution >= 4 is 23.2 Å². The highest BCUT2D eigenvalue weighted by molar-refractivity contribution is 5.96. The third kappa shape index (κ3) is 6.78. The molecule has 1 aromatic heterocycles. The van der Waals surface area contributed by atoms with Crippen LogP contribution in [-0.2, 0) is 11.3 Å². The van der Waals surface area contributed by atoms with Gasteiger partial charge in [0.05, 0.1) is 25.0 Å². The predicted octanol–water partition coefficient (Wildman–Crippen LogP) is 4.22. The van der Waals surface area contributed by atoms with Crippen LogP contribution in [0.5, 0.6) is 5.75 Å². The molecule has 7 nitrogen and oxygen atoms in total. The highest BCUT2D eigenvalue weighted by atomic mass is 16.5. The zero-order valence-electron chi connectivity index (χ0n) is 17.3. The van der Waals surface area contributed by atoms with Crippen LogP contribution < -0.4 is 20.7 Å². The van der Waals surface area contributed by atoms with Crippen molar-refractivity contribution in [3.05, 3.63) is 90.4 Å². The number of nitrogens with one attached hydrogen (secondary N) is 3. The Bertz CT molecular complexity index is 1040. The molecule has 2 aromatic carbocycles. The molecule has 0 aliphatic carbocycles. The fourth-order valence-electron chi connectivity index (χ4n) is 2.73. The molecule has 0 unspecified atom stereocenters. The minimum Gasteiger partial charge on any atom is -0.487 e. The third-order valence-electron chi connectivity index (χ3n) is 4.22. The molecular weight excluding hydrogens is 394 g/mol. The maximum atomic E-state index is 12.4. The Kier molecular flexibility index (Phi) is 7.48. The van der Waals surface area contributed by atoms with Crippen molar-refractivity contribution in [2.75, 3.05) is 23.8 Å². The Morgan fingerprint density at radius 3 is 2.68 bits per heavy atom. The first-order valence-corrected chi connectivity index (χ1v) is 9.82. The second-order valence-electron chi connectivity index (χ2n) is 6.99. The number of amides is 2. The van der Waals surface area contributed by atoms with Gasteiger partial charge in [-0.15, -0.1) is 0 Å². The average molecular weight is 419 g/mol. The van der Waals surface area contributed by atoms with Gasteiger partial charge in [-0.3, -0.25) is 9.59 Å². The molecule has 0 spiro atoms. The topological polar surface area (TPSA) is 92.6 Å². The van der Waals surface area contributed by atoms with E-state index in [9.17, 15) is 9.59 Å². The zero-order chi connectivity index (χ0) is 22.1. The SMILES string of the molecule is C=C(C)COc1ccccc1NC(=O)CNc1cccc(C(=O)NCc2ccco2)c1. The molecule has 0 saturated carbocycles. The monoisotopic (exact) mass is 419 g/mol. The van der Waals surface area contributed by atoms with Crippen LogP contribution in [0, 0.1) is 0 Å².